The molecule has 1 aromatic rings. The largest absolute Gasteiger partial charge is 0.465 e. The molecule has 1 N–H and O–H groups in total. The van der Waals surface area contributed by atoms with Crippen LogP contribution in [-0.2, 0) is 30.3 Å². The summed E-state index contributed by atoms with van der Waals surface area (Å²) in [5.41, 5.74) is 0.971. The molecule has 0 saturated carbocycles. The van der Waals surface area contributed by atoms with Crippen LogP contribution in [0.5, 0.6) is 0 Å². The van der Waals surface area contributed by atoms with Gasteiger partial charge in [0.2, 0.25) is 11.8 Å². The first kappa shape index (κ1) is 32.7. The minimum Gasteiger partial charge on any atom is -0.465 e. The maximum atomic E-state index is 14.8. The van der Waals surface area contributed by atoms with Crippen molar-refractivity contribution in [3.63, 3.8) is 0 Å². The Balaban J connectivity index is 1.49. The molecule has 7 atom stereocenters. The van der Waals surface area contributed by atoms with E-state index in [4.69, 9.17) is 9.47 Å². The Morgan fingerprint density at radius 2 is 1.98 bits per heavy atom. The van der Waals surface area contributed by atoms with Gasteiger partial charge in [-0.25, -0.2) is 0 Å². The number of rotatable bonds is 15. The van der Waals surface area contributed by atoms with Gasteiger partial charge in [0.05, 0.1) is 49.1 Å². The molecule has 4 saturated heterocycles. The van der Waals surface area contributed by atoms with E-state index >= 15 is 0 Å². The number of aliphatic hydroxyl groups excluding tert-OH is 1. The van der Waals surface area contributed by atoms with E-state index in [-0.39, 0.29) is 42.2 Å². The smallest absolute Gasteiger partial charge is 0.310 e. The first-order valence-electron chi connectivity index (χ1n) is 16.0. The van der Waals surface area contributed by atoms with E-state index in [0.29, 0.717) is 45.7 Å². The predicted octanol–water partition coefficient (Wildman–Crippen LogP) is 2.78. The van der Waals surface area contributed by atoms with Crippen LogP contribution in [0.4, 0.5) is 0 Å². The summed E-state index contributed by atoms with van der Waals surface area (Å²) in [5.74, 6) is -2.00. The Hall–Kier alpha value is -2.66. The van der Waals surface area contributed by atoms with Crippen molar-refractivity contribution < 1.29 is 29.0 Å². The van der Waals surface area contributed by atoms with E-state index in [1.807, 2.05) is 35.2 Å². The molecule has 0 radical (unpaired) electrons. The van der Waals surface area contributed by atoms with Crippen LogP contribution in [0.3, 0.4) is 0 Å². The second-order valence-electron chi connectivity index (χ2n) is 12.4. The molecule has 10 heteroatoms. The lowest BCUT2D eigenvalue weighted by Gasteiger charge is -2.42. The highest BCUT2D eigenvalue weighted by molar-refractivity contribution is 8.02. The SMILES string of the molecule is C=CCCCOC(=O)[C@@H]1[C@H]2C(=O)N([C@@H](CO)Cc3ccccc3)C(C(=O)N(CC=C)CCN3CCOCC3)C23S[C@@H]1CC3C. The van der Waals surface area contributed by atoms with E-state index < -0.39 is 28.7 Å². The third-order valence-corrected chi connectivity index (χ3v) is 11.9. The molecule has 0 aliphatic carbocycles. The van der Waals surface area contributed by atoms with E-state index in [1.165, 1.54) is 0 Å². The summed E-state index contributed by atoms with van der Waals surface area (Å²) in [6.07, 6.45) is 6.08. The van der Waals surface area contributed by atoms with Crippen molar-refractivity contribution in [3.05, 3.63) is 61.2 Å². The van der Waals surface area contributed by atoms with Gasteiger partial charge in [-0.05, 0) is 37.2 Å². The monoisotopic (exact) mass is 625 g/mol. The van der Waals surface area contributed by atoms with Crippen LogP contribution in [0.1, 0.15) is 31.7 Å². The molecule has 0 aromatic heterocycles. The normalized spacial score (nSPS) is 30.2. The zero-order valence-electron chi connectivity index (χ0n) is 25.9. The van der Waals surface area contributed by atoms with Gasteiger partial charge in [-0.3, -0.25) is 19.3 Å². The van der Waals surface area contributed by atoms with Gasteiger partial charge in [0.1, 0.15) is 6.04 Å². The van der Waals surface area contributed by atoms with E-state index in [2.05, 4.69) is 25.0 Å². The number of unbranched alkanes of at least 4 members (excludes halogenated alkanes) is 1. The fourth-order valence-corrected chi connectivity index (χ4v) is 10.1. The van der Waals surface area contributed by atoms with Gasteiger partial charge >= 0.3 is 5.97 Å². The molecule has 5 rings (SSSR count). The zero-order chi connectivity index (χ0) is 31.3. The summed E-state index contributed by atoms with van der Waals surface area (Å²) in [6, 6.07) is 8.31. The number of benzene rings is 1. The average Bonchev–Trinajstić information content (AvgIpc) is 3.64. The van der Waals surface area contributed by atoms with Crippen LogP contribution < -0.4 is 0 Å². The second kappa shape index (κ2) is 14.6. The number of amides is 2. The molecule has 4 heterocycles. The first-order chi connectivity index (χ1) is 21.4. The number of esters is 1. The molecule has 2 amide bonds. The average molecular weight is 626 g/mol. The van der Waals surface area contributed by atoms with Crippen LogP contribution in [0, 0.1) is 17.8 Å². The zero-order valence-corrected chi connectivity index (χ0v) is 26.7. The Morgan fingerprint density at radius 3 is 2.66 bits per heavy atom. The number of likely N-dealkylation sites (tertiary alicyclic amines) is 1. The van der Waals surface area contributed by atoms with Crippen molar-refractivity contribution >= 4 is 29.5 Å². The topological polar surface area (TPSA) is 99.6 Å². The second-order valence-corrected chi connectivity index (χ2v) is 14.0. The number of thioether (sulfide) groups is 1. The molecule has 240 valence electrons. The summed E-state index contributed by atoms with van der Waals surface area (Å²) in [5, 5.41) is 10.7. The fraction of sp³-hybridized carbons (Fsp3) is 0.618. The van der Waals surface area contributed by atoms with Crippen molar-refractivity contribution in [2.45, 2.75) is 54.7 Å². The van der Waals surface area contributed by atoms with Crippen molar-refractivity contribution in [2.24, 2.45) is 17.8 Å². The van der Waals surface area contributed by atoms with Crippen LogP contribution in [0.15, 0.2) is 55.6 Å². The van der Waals surface area contributed by atoms with Gasteiger partial charge in [0.15, 0.2) is 0 Å². The lowest BCUT2D eigenvalue weighted by molar-refractivity contribution is -0.155. The Morgan fingerprint density at radius 1 is 1.23 bits per heavy atom. The predicted molar refractivity (Wildman–Crippen MR) is 171 cm³/mol. The van der Waals surface area contributed by atoms with Gasteiger partial charge in [0.25, 0.3) is 0 Å². The molecule has 44 heavy (non-hydrogen) atoms. The summed E-state index contributed by atoms with van der Waals surface area (Å²) in [4.78, 5) is 48.9. The molecule has 4 aliphatic rings. The number of ether oxygens (including phenoxy) is 2. The number of hydrogen-bond donors (Lipinski definition) is 1. The molecular formula is C34H47N3O6S. The van der Waals surface area contributed by atoms with Gasteiger partial charge in [-0.1, -0.05) is 49.4 Å². The fourth-order valence-electron chi connectivity index (χ4n) is 7.74. The van der Waals surface area contributed by atoms with E-state index in [0.717, 1.165) is 31.5 Å². The minimum absolute atomic E-state index is 0.0242. The minimum atomic E-state index is -0.811. The molecule has 2 bridgehead atoms. The number of aliphatic hydroxyl groups is 1. The number of carbonyl (C=O) groups is 3. The molecule has 1 spiro atoms. The van der Waals surface area contributed by atoms with Gasteiger partial charge in [-0.15, -0.1) is 24.9 Å². The third-order valence-electron chi connectivity index (χ3n) is 9.86. The third kappa shape index (κ3) is 6.23. The molecular weight excluding hydrogens is 578 g/mol. The highest BCUT2D eigenvalue weighted by atomic mass is 32.2. The summed E-state index contributed by atoms with van der Waals surface area (Å²) < 4.78 is 10.4. The molecule has 3 unspecified atom stereocenters. The highest BCUT2D eigenvalue weighted by Gasteiger charge is 2.77. The number of allylic oxidation sites excluding steroid dienone is 1. The quantitative estimate of drug-likeness (QED) is 0.181. The maximum absolute atomic E-state index is 14.8. The molecule has 1 aromatic carbocycles. The first-order valence-corrected chi connectivity index (χ1v) is 16.9. The highest BCUT2D eigenvalue weighted by Crippen LogP contribution is 2.69. The summed E-state index contributed by atoms with van der Waals surface area (Å²) in [7, 11) is 0. The number of carbonyl (C=O) groups excluding carboxylic acids is 3. The van der Waals surface area contributed by atoms with Crippen molar-refractivity contribution in [1.82, 2.24) is 14.7 Å². The maximum Gasteiger partial charge on any atom is 0.310 e. The number of morpholine rings is 1. The van der Waals surface area contributed by atoms with Crippen LogP contribution in [0.2, 0.25) is 0 Å². The van der Waals surface area contributed by atoms with Crippen LogP contribution in [0.25, 0.3) is 0 Å². The number of nitrogens with zero attached hydrogens (tertiary/aromatic N) is 3. The van der Waals surface area contributed by atoms with Crippen LogP contribution >= 0.6 is 11.8 Å². The molecule has 9 nitrogen and oxygen atoms in total. The lowest BCUT2D eigenvalue weighted by atomic mass is 9.66. The Labute approximate surface area is 265 Å². The summed E-state index contributed by atoms with van der Waals surface area (Å²) >= 11 is 1.64. The van der Waals surface area contributed by atoms with Crippen molar-refractivity contribution in [2.75, 3.05) is 59.2 Å². The standard InChI is InChI=1S/C34H47N3O6S/c1-4-6-10-18-43-33(41)28-27-21-24(3)34(44-27)29(28)31(39)37(26(23-38)22-25-11-8-7-9-12-25)30(34)32(40)36(13-5-2)15-14-35-16-19-42-20-17-35/h4-5,7-9,11-12,24,26-30,38H,1-2,6,10,13-23H2,3H3/t24?,26-,27-,28+,29+,30?,34?/m1/s1. The van der Waals surface area contributed by atoms with Gasteiger partial charge in [-0.2, -0.15) is 0 Å². The summed E-state index contributed by atoms with van der Waals surface area (Å²) in [6.45, 7) is 14.3. The van der Waals surface area contributed by atoms with E-state index in [9.17, 15) is 19.5 Å². The Kier molecular flexibility index (Phi) is 10.9. The Bertz CT molecular complexity index is 1190. The van der Waals surface area contributed by atoms with Gasteiger partial charge < -0.3 is 24.4 Å². The number of fused-ring (bicyclic) bond motifs is 1. The lowest BCUT2D eigenvalue weighted by Crippen LogP contribution is -2.60. The van der Waals surface area contributed by atoms with Crippen molar-refractivity contribution in [1.29, 1.82) is 0 Å². The van der Waals surface area contributed by atoms with Gasteiger partial charge in [0, 0.05) is 38.0 Å². The van der Waals surface area contributed by atoms with Crippen molar-refractivity contribution in [3.8, 4) is 0 Å². The molecule has 4 fully saturated rings. The number of hydrogen-bond acceptors (Lipinski definition) is 8. The molecule has 4 aliphatic heterocycles. The van der Waals surface area contributed by atoms with E-state index in [1.54, 1.807) is 28.8 Å². The van der Waals surface area contributed by atoms with Crippen LogP contribution in [-0.4, -0.2) is 119 Å².